The number of para-hydroxylation sites is 1. The standard InChI is InChI=1S/C19H22N2O4/c1-21-15-8-4-3-7-13(15)14(11-16(21)22)17(23)20-12-19(18(24)25)9-5-2-6-10-19/h3-4,7-8,11H,2,5-6,9-10,12H2,1H3,(H,20,23)(H,24,25). The zero-order valence-electron chi connectivity index (χ0n) is 14.2. The number of aromatic nitrogens is 1. The minimum absolute atomic E-state index is 0.0880. The molecule has 1 aromatic heterocycles. The van der Waals surface area contributed by atoms with Gasteiger partial charge in [-0.25, -0.2) is 0 Å². The van der Waals surface area contributed by atoms with Crippen molar-refractivity contribution in [2.75, 3.05) is 6.54 Å². The van der Waals surface area contributed by atoms with Crippen LogP contribution in [-0.4, -0.2) is 28.1 Å². The van der Waals surface area contributed by atoms with Gasteiger partial charge in [-0.3, -0.25) is 14.4 Å². The van der Waals surface area contributed by atoms with Gasteiger partial charge in [-0.2, -0.15) is 0 Å². The molecule has 1 fully saturated rings. The van der Waals surface area contributed by atoms with Gasteiger partial charge in [-0.1, -0.05) is 37.5 Å². The number of fused-ring (bicyclic) bond motifs is 1. The molecule has 1 amide bonds. The normalized spacial score (nSPS) is 16.5. The molecule has 0 saturated heterocycles. The summed E-state index contributed by atoms with van der Waals surface area (Å²) in [4.78, 5) is 36.5. The van der Waals surface area contributed by atoms with Crippen LogP contribution in [0.3, 0.4) is 0 Å². The van der Waals surface area contributed by atoms with Crippen molar-refractivity contribution in [2.45, 2.75) is 32.1 Å². The van der Waals surface area contributed by atoms with E-state index in [-0.39, 0.29) is 17.7 Å². The Balaban J connectivity index is 1.89. The smallest absolute Gasteiger partial charge is 0.311 e. The summed E-state index contributed by atoms with van der Waals surface area (Å²) in [6.07, 6.45) is 3.89. The first-order valence-electron chi connectivity index (χ1n) is 8.55. The lowest BCUT2D eigenvalue weighted by Gasteiger charge is -2.33. The average Bonchev–Trinajstić information content (AvgIpc) is 2.63. The largest absolute Gasteiger partial charge is 0.481 e. The Bertz CT molecular complexity index is 879. The van der Waals surface area contributed by atoms with Gasteiger partial charge >= 0.3 is 5.97 Å². The van der Waals surface area contributed by atoms with E-state index in [0.29, 0.717) is 23.7 Å². The number of aliphatic carboxylic acids is 1. The highest BCUT2D eigenvalue weighted by Crippen LogP contribution is 2.36. The Morgan fingerprint density at radius 2 is 1.88 bits per heavy atom. The Hall–Kier alpha value is -2.63. The van der Waals surface area contributed by atoms with E-state index >= 15 is 0 Å². The number of carboxylic acid groups (broad SMARTS) is 1. The minimum atomic E-state index is -0.899. The third-order valence-corrected chi connectivity index (χ3v) is 5.25. The molecule has 1 heterocycles. The van der Waals surface area contributed by atoms with Crippen LogP contribution in [0.1, 0.15) is 42.5 Å². The third kappa shape index (κ3) is 3.16. The summed E-state index contributed by atoms with van der Waals surface area (Å²) in [5.74, 6) is -1.26. The lowest BCUT2D eigenvalue weighted by atomic mass is 9.74. The van der Waals surface area contributed by atoms with Gasteiger partial charge in [-0.15, -0.1) is 0 Å². The fourth-order valence-electron chi connectivity index (χ4n) is 3.64. The first kappa shape index (κ1) is 17.2. The molecule has 0 unspecified atom stereocenters. The third-order valence-electron chi connectivity index (χ3n) is 5.25. The number of carboxylic acids is 1. The van der Waals surface area contributed by atoms with Crippen molar-refractivity contribution < 1.29 is 14.7 Å². The summed E-state index contributed by atoms with van der Waals surface area (Å²) in [5, 5.41) is 13.1. The van der Waals surface area contributed by atoms with Crippen molar-refractivity contribution in [3.05, 3.63) is 46.2 Å². The fraction of sp³-hybridized carbons (Fsp3) is 0.421. The van der Waals surface area contributed by atoms with E-state index in [0.717, 1.165) is 19.3 Å². The molecule has 2 N–H and O–H groups in total. The first-order chi connectivity index (χ1) is 11.9. The topological polar surface area (TPSA) is 88.4 Å². The van der Waals surface area contributed by atoms with E-state index in [1.807, 2.05) is 12.1 Å². The van der Waals surface area contributed by atoms with Gasteiger partial charge < -0.3 is 15.0 Å². The zero-order chi connectivity index (χ0) is 18.0. The number of benzene rings is 1. The molecule has 1 aliphatic rings. The van der Waals surface area contributed by atoms with Gasteiger partial charge in [0.15, 0.2) is 0 Å². The molecule has 0 atom stereocenters. The number of hydrogen-bond acceptors (Lipinski definition) is 3. The number of pyridine rings is 1. The first-order valence-corrected chi connectivity index (χ1v) is 8.55. The Labute approximate surface area is 145 Å². The lowest BCUT2D eigenvalue weighted by Crippen LogP contribution is -2.44. The minimum Gasteiger partial charge on any atom is -0.481 e. The summed E-state index contributed by atoms with van der Waals surface area (Å²) in [6, 6.07) is 8.50. The van der Waals surface area contributed by atoms with Crippen molar-refractivity contribution in [1.82, 2.24) is 9.88 Å². The molecule has 0 aliphatic heterocycles. The number of nitrogens with one attached hydrogen (secondary N) is 1. The van der Waals surface area contributed by atoms with Crippen LogP contribution < -0.4 is 10.9 Å². The fourth-order valence-corrected chi connectivity index (χ4v) is 3.64. The van der Waals surface area contributed by atoms with Gasteiger partial charge in [0, 0.05) is 25.0 Å². The van der Waals surface area contributed by atoms with Gasteiger partial charge in [0.25, 0.3) is 11.5 Å². The van der Waals surface area contributed by atoms with E-state index in [1.165, 1.54) is 10.6 Å². The highest BCUT2D eigenvalue weighted by Gasteiger charge is 2.39. The van der Waals surface area contributed by atoms with Gasteiger partial charge in [0.05, 0.1) is 16.5 Å². The van der Waals surface area contributed by atoms with Crippen LogP contribution in [0.4, 0.5) is 0 Å². The quantitative estimate of drug-likeness (QED) is 0.892. The van der Waals surface area contributed by atoms with Gasteiger partial charge in [0.2, 0.25) is 0 Å². The predicted molar refractivity (Wildman–Crippen MR) is 94.7 cm³/mol. The van der Waals surface area contributed by atoms with Crippen molar-refractivity contribution in [2.24, 2.45) is 12.5 Å². The number of carbonyl (C=O) groups excluding carboxylic acids is 1. The van der Waals surface area contributed by atoms with Crippen LogP contribution in [0.2, 0.25) is 0 Å². The molecule has 0 spiro atoms. The molecule has 1 aromatic carbocycles. The predicted octanol–water partition coefficient (Wildman–Crippen LogP) is 2.30. The zero-order valence-corrected chi connectivity index (χ0v) is 14.2. The Morgan fingerprint density at radius 3 is 2.56 bits per heavy atom. The second-order valence-electron chi connectivity index (χ2n) is 6.80. The summed E-state index contributed by atoms with van der Waals surface area (Å²) in [7, 11) is 1.66. The van der Waals surface area contributed by atoms with Crippen molar-refractivity contribution in [1.29, 1.82) is 0 Å². The molecule has 1 aliphatic carbocycles. The molecule has 25 heavy (non-hydrogen) atoms. The number of hydrogen-bond donors (Lipinski definition) is 2. The van der Waals surface area contributed by atoms with Crippen LogP contribution in [0, 0.1) is 5.41 Å². The van der Waals surface area contributed by atoms with Crippen molar-refractivity contribution >= 4 is 22.8 Å². The van der Waals surface area contributed by atoms with Crippen LogP contribution >= 0.6 is 0 Å². The number of rotatable bonds is 4. The number of aryl methyl sites for hydroxylation is 1. The molecule has 6 heteroatoms. The summed E-state index contributed by atoms with van der Waals surface area (Å²) < 4.78 is 1.49. The molecule has 6 nitrogen and oxygen atoms in total. The van der Waals surface area contributed by atoms with E-state index in [1.54, 1.807) is 19.2 Å². The molecular formula is C19H22N2O4. The van der Waals surface area contributed by atoms with Gasteiger partial charge in [-0.05, 0) is 18.9 Å². The molecule has 0 radical (unpaired) electrons. The highest BCUT2D eigenvalue weighted by molar-refractivity contribution is 6.06. The van der Waals surface area contributed by atoms with Crippen LogP contribution in [0.25, 0.3) is 10.9 Å². The maximum Gasteiger partial charge on any atom is 0.311 e. The van der Waals surface area contributed by atoms with Crippen LogP contribution in [0.5, 0.6) is 0 Å². The summed E-state index contributed by atoms with van der Waals surface area (Å²) in [5.41, 5.74) is -0.209. The second-order valence-corrected chi connectivity index (χ2v) is 6.80. The molecule has 3 rings (SSSR count). The SMILES string of the molecule is Cn1c(=O)cc(C(=O)NCC2(C(=O)O)CCCCC2)c2ccccc21. The molecule has 1 saturated carbocycles. The van der Waals surface area contributed by atoms with E-state index in [9.17, 15) is 19.5 Å². The second kappa shape index (κ2) is 6.70. The molecular weight excluding hydrogens is 320 g/mol. The average molecular weight is 342 g/mol. The Kier molecular flexibility index (Phi) is 4.61. The van der Waals surface area contributed by atoms with Crippen LogP contribution in [0.15, 0.2) is 35.1 Å². The molecule has 132 valence electrons. The van der Waals surface area contributed by atoms with E-state index in [2.05, 4.69) is 5.32 Å². The molecule has 0 bridgehead atoms. The van der Waals surface area contributed by atoms with Crippen molar-refractivity contribution in [3.8, 4) is 0 Å². The van der Waals surface area contributed by atoms with Crippen molar-refractivity contribution in [3.63, 3.8) is 0 Å². The van der Waals surface area contributed by atoms with Crippen LogP contribution in [-0.2, 0) is 11.8 Å². The number of amides is 1. The summed E-state index contributed by atoms with van der Waals surface area (Å²) >= 11 is 0. The summed E-state index contributed by atoms with van der Waals surface area (Å²) in [6.45, 7) is 0.0880. The van der Waals surface area contributed by atoms with E-state index in [4.69, 9.17) is 0 Å². The van der Waals surface area contributed by atoms with E-state index < -0.39 is 17.3 Å². The lowest BCUT2D eigenvalue weighted by molar-refractivity contribution is -0.150. The maximum atomic E-state index is 12.7. The number of carbonyl (C=O) groups is 2. The maximum absolute atomic E-state index is 12.7. The Morgan fingerprint density at radius 1 is 1.20 bits per heavy atom. The molecule has 2 aromatic rings. The number of nitrogens with zero attached hydrogens (tertiary/aromatic N) is 1. The highest BCUT2D eigenvalue weighted by atomic mass is 16.4. The van der Waals surface area contributed by atoms with Gasteiger partial charge in [0.1, 0.15) is 0 Å². The monoisotopic (exact) mass is 342 g/mol.